The zero-order chi connectivity index (χ0) is 16.3. The molecule has 0 atom stereocenters. The first kappa shape index (κ1) is 16.4. The van der Waals surface area contributed by atoms with Gasteiger partial charge in [-0.2, -0.15) is 0 Å². The molecular formula is C18H18BrNO2S. The lowest BCUT2D eigenvalue weighted by molar-refractivity contribution is -0.119. The van der Waals surface area contributed by atoms with Crippen LogP contribution in [0.15, 0.2) is 57.9 Å². The van der Waals surface area contributed by atoms with Crippen molar-refractivity contribution in [3.8, 4) is 5.75 Å². The molecule has 3 rings (SSSR count). The number of carbonyl (C=O) groups is 1. The minimum Gasteiger partial charge on any atom is -0.497 e. The fourth-order valence-electron chi connectivity index (χ4n) is 2.50. The topological polar surface area (TPSA) is 38.3 Å². The number of rotatable bonds is 6. The van der Waals surface area contributed by atoms with Crippen molar-refractivity contribution in [1.29, 1.82) is 0 Å². The Labute approximate surface area is 148 Å². The lowest BCUT2D eigenvalue weighted by Crippen LogP contribution is -2.36. The van der Waals surface area contributed by atoms with Gasteiger partial charge in [0.1, 0.15) is 5.75 Å². The van der Waals surface area contributed by atoms with E-state index in [9.17, 15) is 4.79 Å². The van der Waals surface area contributed by atoms with Gasteiger partial charge in [-0.15, -0.1) is 11.8 Å². The number of hydrogen-bond donors (Lipinski definition) is 1. The van der Waals surface area contributed by atoms with E-state index in [2.05, 4.69) is 33.4 Å². The van der Waals surface area contributed by atoms with Crippen molar-refractivity contribution >= 4 is 33.6 Å². The summed E-state index contributed by atoms with van der Waals surface area (Å²) in [5.41, 5.74) is 1.03. The zero-order valence-electron chi connectivity index (χ0n) is 12.8. The Morgan fingerprint density at radius 1 is 1.17 bits per heavy atom. The normalized spacial score (nSPS) is 15.0. The van der Waals surface area contributed by atoms with E-state index in [1.54, 1.807) is 7.11 Å². The molecule has 1 aliphatic carbocycles. The number of nitrogens with one attached hydrogen (secondary N) is 1. The number of amides is 1. The van der Waals surface area contributed by atoms with Gasteiger partial charge < -0.3 is 10.1 Å². The van der Waals surface area contributed by atoms with Crippen molar-refractivity contribution in [1.82, 2.24) is 5.32 Å². The summed E-state index contributed by atoms with van der Waals surface area (Å²) in [5.74, 6) is 1.32. The standard InChI is InChI=1S/C18H18BrNO2S/c1-22-15-6-8-16(9-7-15)23-12-17(21)20-18(10-11-18)13-2-4-14(19)5-3-13/h2-9H,10-12H2,1H3,(H,20,21). The number of benzene rings is 2. The third-order valence-corrected chi connectivity index (χ3v) is 5.50. The van der Waals surface area contributed by atoms with E-state index in [4.69, 9.17) is 4.74 Å². The molecule has 0 bridgehead atoms. The van der Waals surface area contributed by atoms with Gasteiger partial charge in [0, 0.05) is 9.37 Å². The molecule has 0 unspecified atom stereocenters. The molecule has 1 N–H and O–H groups in total. The molecule has 0 radical (unpaired) electrons. The average molecular weight is 392 g/mol. The Morgan fingerprint density at radius 3 is 2.39 bits per heavy atom. The van der Waals surface area contributed by atoms with Crippen molar-refractivity contribution in [2.24, 2.45) is 0 Å². The maximum atomic E-state index is 12.3. The molecule has 1 amide bonds. The summed E-state index contributed by atoms with van der Waals surface area (Å²) in [6.07, 6.45) is 2.02. The van der Waals surface area contributed by atoms with Crippen LogP contribution in [0.2, 0.25) is 0 Å². The van der Waals surface area contributed by atoms with Crippen LogP contribution in [0, 0.1) is 0 Å². The van der Waals surface area contributed by atoms with E-state index >= 15 is 0 Å². The lowest BCUT2D eigenvalue weighted by atomic mass is 10.1. The Morgan fingerprint density at radius 2 is 1.83 bits per heavy atom. The third kappa shape index (κ3) is 4.09. The van der Waals surface area contributed by atoms with Gasteiger partial charge in [-0.25, -0.2) is 0 Å². The Balaban J connectivity index is 1.55. The molecule has 0 heterocycles. The van der Waals surface area contributed by atoms with E-state index < -0.39 is 0 Å². The summed E-state index contributed by atoms with van der Waals surface area (Å²) in [4.78, 5) is 13.3. The molecule has 2 aromatic carbocycles. The van der Waals surface area contributed by atoms with Gasteiger partial charge in [0.05, 0.1) is 18.4 Å². The third-order valence-electron chi connectivity index (χ3n) is 3.95. The van der Waals surface area contributed by atoms with E-state index in [1.807, 2.05) is 36.4 Å². The smallest absolute Gasteiger partial charge is 0.231 e. The Bertz CT molecular complexity index is 681. The molecule has 5 heteroatoms. The van der Waals surface area contributed by atoms with E-state index in [-0.39, 0.29) is 11.4 Å². The van der Waals surface area contributed by atoms with Crippen molar-refractivity contribution in [2.75, 3.05) is 12.9 Å². The molecule has 2 aromatic rings. The number of ether oxygens (including phenoxy) is 1. The summed E-state index contributed by atoms with van der Waals surface area (Å²) >= 11 is 4.98. The molecule has 1 saturated carbocycles. The van der Waals surface area contributed by atoms with Crippen molar-refractivity contribution in [3.05, 3.63) is 58.6 Å². The van der Waals surface area contributed by atoms with Crippen LogP contribution < -0.4 is 10.1 Å². The zero-order valence-corrected chi connectivity index (χ0v) is 15.2. The van der Waals surface area contributed by atoms with Crippen LogP contribution in [0.1, 0.15) is 18.4 Å². The number of carbonyl (C=O) groups excluding carboxylic acids is 1. The molecule has 0 spiro atoms. The van der Waals surface area contributed by atoms with Crippen LogP contribution in [0.4, 0.5) is 0 Å². The van der Waals surface area contributed by atoms with Crippen LogP contribution in [0.5, 0.6) is 5.75 Å². The van der Waals surface area contributed by atoms with Gasteiger partial charge in [-0.05, 0) is 54.8 Å². The van der Waals surface area contributed by atoms with Crippen molar-refractivity contribution in [3.63, 3.8) is 0 Å². The van der Waals surface area contributed by atoms with Crippen LogP contribution in [0.25, 0.3) is 0 Å². The van der Waals surface area contributed by atoms with Gasteiger partial charge in [-0.3, -0.25) is 4.79 Å². The van der Waals surface area contributed by atoms with E-state index in [0.29, 0.717) is 5.75 Å². The SMILES string of the molecule is COc1ccc(SCC(=O)NC2(c3ccc(Br)cc3)CC2)cc1. The van der Waals surface area contributed by atoms with Crippen molar-refractivity contribution in [2.45, 2.75) is 23.3 Å². The van der Waals surface area contributed by atoms with Crippen LogP contribution in [-0.2, 0) is 10.3 Å². The highest BCUT2D eigenvalue weighted by molar-refractivity contribution is 9.10. The first-order valence-electron chi connectivity index (χ1n) is 7.45. The Hall–Kier alpha value is -1.46. The summed E-state index contributed by atoms with van der Waals surface area (Å²) in [6, 6.07) is 16.0. The fourth-order valence-corrected chi connectivity index (χ4v) is 3.47. The van der Waals surface area contributed by atoms with Gasteiger partial charge >= 0.3 is 0 Å². The van der Waals surface area contributed by atoms with Gasteiger partial charge in [0.25, 0.3) is 0 Å². The van der Waals surface area contributed by atoms with Gasteiger partial charge in [-0.1, -0.05) is 28.1 Å². The second-order valence-electron chi connectivity index (χ2n) is 5.60. The minimum absolute atomic E-state index is 0.0752. The highest BCUT2D eigenvalue weighted by Crippen LogP contribution is 2.45. The summed E-state index contributed by atoms with van der Waals surface area (Å²) in [5, 5.41) is 3.20. The Kier molecular flexibility index (Phi) is 4.97. The van der Waals surface area contributed by atoms with Crippen LogP contribution in [-0.4, -0.2) is 18.8 Å². The highest BCUT2D eigenvalue weighted by atomic mass is 79.9. The van der Waals surface area contributed by atoms with Crippen molar-refractivity contribution < 1.29 is 9.53 Å². The summed E-state index contributed by atoms with van der Waals surface area (Å²) in [6.45, 7) is 0. The molecule has 120 valence electrons. The summed E-state index contributed by atoms with van der Waals surface area (Å²) in [7, 11) is 1.65. The first-order chi connectivity index (χ1) is 11.1. The minimum atomic E-state index is -0.155. The molecule has 1 aliphatic rings. The summed E-state index contributed by atoms with van der Waals surface area (Å²) < 4.78 is 6.19. The number of thioether (sulfide) groups is 1. The molecule has 3 nitrogen and oxygen atoms in total. The predicted octanol–water partition coefficient (Wildman–Crippen LogP) is 4.36. The molecule has 1 fully saturated rings. The number of methoxy groups -OCH3 is 1. The van der Waals surface area contributed by atoms with E-state index in [1.165, 1.54) is 17.3 Å². The first-order valence-corrected chi connectivity index (χ1v) is 9.23. The molecule has 0 aliphatic heterocycles. The average Bonchev–Trinajstić information content (AvgIpc) is 3.34. The second kappa shape index (κ2) is 6.97. The molecule has 0 aromatic heterocycles. The second-order valence-corrected chi connectivity index (χ2v) is 7.57. The maximum absolute atomic E-state index is 12.3. The van der Waals surface area contributed by atoms with Gasteiger partial charge in [0.15, 0.2) is 0 Å². The maximum Gasteiger partial charge on any atom is 0.231 e. The highest BCUT2D eigenvalue weighted by Gasteiger charge is 2.45. The lowest BCUT2D eigenvalue weighted by Gasteiger charge is -2.18. The predicted molar refractivity (Wildman–Crippen MR) is 96.9 cm³/mol. The largest absolute Gasteiger partial charge is 0.497 e. The molecule has 0 saturated heterocycles. The monoisotopic (exact) mass is 391 g/mol. The van der Waals surface area contributed by atoms with Gasteiger partial charge in [0.2, 0.25) is 5.91 Å². The molecule has 23 heavy (non-hydrogen) atoms. The quantitative estimate of drug-likeness (QED) is 0.743. The number of halogens is 1. The number of hydrogen-bond acceptors (Lipinski definition) is 3. The van der Waals surface area contributed by atoms with E-state index in [0.717, 1.165) is 28.0 Å². The molecular weight excluding hydrogens is 374 g/mol. The fraction of sp³-hybridized carbons (Fsp3) is 0.278. The van der Waals surface area contributed by atoms with Crippen LogP contribution in [0.3, 0.4) is 0 Å². The van der Waals surface area contributed by atoms with Crippen LogP contribution >= 0.6 is 27.7 Å².